The molecular formula is C28H31N3O5S. The molecule has 0 radical (unpaired) electrons. The van der Waals surface area contributed by atoms with Gasteiger partial charge in [0.1, 0.15) is 17.2 Å². The molecule has 8 nitrogen and oxygen atoms in total. The SMILES string of the molecule is COc1ccc(N2CCN(S(=O)(=O)CCCNC(=O)C3c4ccccc4Oc4ccccc43)CC2)cc1. The van der Waals surface area contributed by atoms with Crippen molar-refractivity contribution in [3.63, 3.8) is 0 Å². The van der Waals surface area contributed by atoms with Gasteiger partial charge >= 0.3 is 0 Å². The molecule has 37 heavy (non-hydrogen) atoms. The lowest BCUT2D eigenvalue weighted by molar-refractivity contribution is -0.121. The Bertz CT molecular complexity index is 1310. The monoisotopic (exact) mass is 521 g/mol. The first kappa shape index (κ1) is 25.1. The number of nitrogens with one attached hydrogen (secondary N) is 1. The predicted molar refractivity (Wildman–Crippen MR) is 143 cm³/mol. The average molecular weight is 522 g/mol. The molecule has 0 saturated carbocycles. The summed E-state index contributed by atoms with van der Waals surface area (Å²) < 4.78 is 38.6. The highest BCUT2D eigenvalue weighted by Gasteiger charge is 2.32. The third kappa shape index (κ3) is 5.42. The smallest absolute Gasteiger partial charge is 0.232 e. The molecule has 2 aliphatic heterocycles. The minimum Gasteiger partial charge on any atom is -0.497 e. The van der Waals surface area contributed by atoms with Crippen molar-refractivity contribution in [2.24, 2.45) is 0 Å². The number of carbonyl (C=O) groups excluding carboxylic acids is 1. The maximum Gasteiger partial charge on any atom is 0.232 e. The number of benzene rings is 3. The van der Waals surface area contributed by atoms with Gasteiger partial charge in [-0.25, -0.2) is 8.42 Å². The minimum atomic E-state index is -3.40. The number of anilines is 1. The Morgan fingerprint density at radius 3 is 2.11 bits per heavy atom. The Morgan fingerprint density at radius 2 is 1.51 bits per heavy atom. The van der Waals surface area contributed by atoms with Crippen LogP contribution in [0, 0.1) is 0 Å². The van der Waals surface area contributed by atoms with E-state index < -0.39 is 15.9 Å². The topological polar surface area (TPSA) is 88.2 Å². The van der Waals surface area contributed by atoms with Gasteiger partial charge in [0.15, 0.2) is 0 Å². The van der Waals surface area contributed by atoms with Gasteiger partial charge in [-0.3, -0.25) is 4.79 Å². The van der Waals surface area contributed by atoms with Crippen LogP contribution in [-0.2, 0) is 14.8 Å². The van der Waals surface area contributed by atoms with Gasteiger partial charge in [-0.1, -0.05) is 36.4 Å². The van der Waals surface area contributed by atoms with Crippen molar-refractivity contribution < 1.29 is 22.7 Å². The van der Waals surface area contributed by atoms with E-state index in [2.05, 4.69) is 10.2 Å². The fourth-order valence-corrected chi connectivity index (χ4v) is 6.39. The maximum absolute atomic E-state index is 13.2. The van der Waals surface area contributed by atoms with Gasteiger partial charge in [0.2, 0.25) is 15.9 Å². The standard InChI is InChI=1S/C28H31N3O5S/c1-35-22-13-11-21(12-14-22)30-16-18-31(19-17-30)37(33,34)20-6-15-29-28(32)27-23-7-2-4-9-25(23)36-26-10-5-3-8-24(26)27/h2-5,7-14,27H,6,15-20H2,1H3,(H,29,32). The quantitative estimate of drug-likeness (QED) is 0.456. The summed E-state index contributed by atoms with van der Waals surface area (Å²) in [5.74, 6) is 1.46. The molecule has 0 atom stereocenters. The number of piperazine rings is 1. The summed E-state index contributed by atoms with van der Waals surface area (Å²) in [6, 6.07) is 22.8. The van der Waals surface area contributed by atoms with Gasteiger partial charge in [-0.05, 0) is 42.8 Å². The van der Waals surface area contributed by atoms with E-state index in [9.17, 15) is 13.2 Å². The molecule has 0 spiro atoms. The Hall–Kier alpha value is -3.56. The molecule has 1 saturated heterocycles. The van der Waals surface area contributed by atoms with Crippen LogP contribution in [0.1, 0.15) is 23.5 Å². The van der Waals surface area contributed by atoms with E-state index in [1.54, 1.807) is 11.4 Å². The van der Waals surface area contributed by atoms with Crippen molar-refractivity contribution in [2.45, 2.75) is 12.3 Å². The molecule has 0 aliphatic carbocycles. The predicted octanol–water partition coefficient (Wildman–Crippen LogP) is 3.59. The first-order valence-corrected chi connectivity index (χ1v) is 14.1. The van der Waals surface area contributed by atoms with Crippen molar-refractivity contribution in [3.8, 4) is 17.2 Å². The third-order valence-corrected chi connectivity index (χ3v) is 8.85. The average Bonchev–Trinajstić information content (AvgIpc) is 2.94. The second kappa shape index (κ2) is 10.8. The fraction of sp³-hybridized carbons (Fsp3) is 0.321. The second-order valence-corrected chi connectivity index (χ2v) is 11.2. The van der Waals surface area contributed by atoms with Gasteiger partial charge in [-0.2, -0.15) is 4.31 Å². The molecule has 0 aromatic heterocycles. The summed E-state index contributed by atoms with van der Waals surface area (Å²) in [4.78, 5) is 15.4. The summed E-state index contributed by atoms with van der Waals surface area (Å²) in [5, 5.41) is 2.95. The number of hydrogen-bond donors (Lipinski definition) is 1. The second-order valence-electron chi connectivity index (χ2n) is 9.16. The zero-order chi connectivity index (χ0) is 25.8. The van der Waals surface area contributed by atoms with Crippen LogP contribution >= 0.6 is 0 Å². The van der Waals surface area contributed by atoms with Crippen LogP contribution in [-0.4, -0.2) is 64.2 Å². The third-order valence-electron chi connectivity index (χ3n) is 6.89. The lowest BCUT2D eigenvalue weighted by Gasteiger charge is -2.35. The molecule has 3 aromatic carbocycles. The number of carbonyl (C=O) groups is 1. The number of para-hydroxylation sites is 2. The number of sulfonamides is 1. The van der Waals surface area contributed by atoms with Crippen molar-refractivity contribution >= 4 is 21.6 Å². The number of nitrogens with zero attached hydrogens (tertiary/aromatic N) is 2. The van der Waals surface area contributed by atoms with Crippen LogP contribution in [0.2, 0.25) is 0 Å². The largest absolute Gasteiger partial charge is 0.497 e. The molecule has 0 bridgehead atoms. The van der Waals surface area contributed by atoms with Gasteiger partial charge in [0.25, 0.3) is 0 Å². The van der Waals surface area contributed by atoms with Crippen LogP contribution in [0.4, 0.5) is 5.69 Å². The van der Waals surface area contributed by atoms with Crippen LogP contribution in [0.15, 0.2) is 72.8 Å². The Morgan fingerprint density at radius 1 is 0.919 bits per heavy atom. The molecule has 2 heterocycles. The summed E-state index contributed by atoms with van der Waals surface area (Å²) in [6.45, 7) is 2.42. The van der Waals surface area contributed by atoms with Crippen molar-refractivity contribution in [1.29, 1.82) is 0 Å². The van der Waals surface area contributed by atoms with Gasteiger partial charge < -0.3 is 19.7 Å². The maximum atomic E-state index is 13.2. The number of amides is 1. The fourth-order valence-electron chi connectivity index (χ4n) is 4.91. The molecule has 3 aromatic rings. The van der Waals surface area contributed by atoms with Crippen LogP contribution in [0.5, 0.6) is 17.2 Å². The van der Waals surface area contributed by atoms with Crippen molar-refractivity contribution in [1.82, 2.24) is 9.62 Å². The summed E-state index contributed by atoms with van der Waals surface area (Å²) in [5.41, 5.74) is 2.67. The number of rotatable bonds is 8. The van der Waals surface area contributed by atoms with E-state index in [0.717, 1.165) is 22.6 Å². The lowest BCUT2D eigenvalue weighted by Crippen LogP contribution is -2.49. The first-order valence-electron chi connectivity index (χ1n) is 12.5. The molecule has 9 heteroatoms. The zero-order valence-electron chi connectivity index (χ0n) is 20.8. The zero-order valence-corrected chi connectivity index (χ0v) is 21.6. The van der Waals surface area contributed by atoms with Gasteiger partial charge in [-0.15, -0.1) is 0 Å². The van der Waals surface area contributed by atoms with E-state index in [0.29, 0.717) is 44.1 Å². The van der Waals surface area contributed by atoms with Crippen LogP contribution in [0.25, 0.3) is 0 Å². The first-order chi connectivity index (χ1) is 18.0. The molecule has 1 N–H and O–H groups in total. The normalized spacial score (nSPS) is 15.9. The number of hydrogen-bond acceptors (Lipinski definition) is 6. The summed E-state index contributed by atoms with van der Waals surface area (Å²) in [6.07, 6.45) is 0.347. The highest BCUT2D eigenvalue weighted by molar-refractivity contribution is 7.89. The lowest BCUT2D eigenvalue weighted by atomic mass is 9.87. The molecule has 2 aliphatic rings. The molecule has 0 unspecified atom stereocenters. The molecule has 1 fully saturated rings. The van der Waals surface area contributed by atoms with E-state index in [1.807, 2.05) is 72.8 Å². The molecular weight excluding hydrogens is 490 g/mol. The molecule has 1 amide bonds. The number of methoxy groups -OCH3 is 1. The summed E-state index contributed by atoms with van der Waals surface area (Å²) >= 11 is 0. The van der Waals surface area contributed by atoms with Gasteiger partial charge in [0, 0.05) is 49.5 Å². The Kier molecular flexibility index (Phi) is 7.34. The van der Waals surface area contributed by atoms with E-state index in [-0.39, 0.29) is 18.2 Å². The molecule has 194 valence electrons. The van der Waals surface area contributed by atoms with E-state index >= 15 is 0 Å². The van der Waals surface area contributed by atoms with Crippen LogP contribution in [0.3, 0.4) is 0 Å². The Balaban J connectivity index is 1.14. The highest BCUT2D eigenvalue weighted by atomic mass is 32.2. The van der Waals surface area contributed by atoms with Gasteiger partial charge in [0.05, 0.1) is 18.8 Å². The van der Waals surface area contributed by atoms with Crippen molar-refractivity contribution in [2.75, 3.05) is 50.5 Å². The minimum absolute atomic E-state index is 0.00321. The number of ether oxygens (including phenoxy) is 2. The summed E-state index contributed by atoms with van der Waals surface area (Å²) in [7, 11) is -1.77. The molecule has 5 rings (SSSR count). The number of fused-ring (bicyclic) bond motifs is 2. The van der Waals surface area contributed by atoms with E-state index in [4.69, 9.17) is 9.47 Å². The van der Waals surface area contributed by atoms with Crippen LogP contribution < -0.4 is 19.7 Å². The highest BCUT2D eigenvalue weighted by Crippen LogP contribution is 2.43. The van der Waals surface area contributed by atoms with E-state index in [1.165, 1.54) is 0 Å². The Labute approximate surface area is 217 Å². The van der Waals surface area contributed by atoms with Crippen molar-refractivity contribution in [3.05, 3.63) is 83.9 Å².